The molecule has 1 saturated heterocycles. The van der Waals surface area contributed by atoms with Gasteiger partial charge in [0, 0.05) is 109 Å². The maximum atomic E-state index is 14.3. The van der Waals surface area contributed by atoms with Crippen LogP contribution in [0.15, 0.2) is 47.6 Å². The Balaban J connectivity index is 1.33. The predicted molar refractivity (Wildman–Crippen MR) is 309 cm³/mol. The minimum Gasteiger partial charge on any atom is -0.480 e. The van der Waals surface area contributed by atoms with E-state index in [9.17, 15) is 47.1 Å². The molecule has 0 saturated carbocycles. The van der Waals surface area contributed by atoms with Crippen molar-refractivity contribution in [1.82, 2.24) is 44.9 Å². The number of rotatable bonds is 22. The monoisotopic (exact) mass is 1170 g/mol. The molecule has 0 bridgehead atoms. The van der Waals surface area contributed by atoms with E-state index in [0.29, 0.717) is 87.2 Å². The molecule has 3 heterocycles. The number of carboxylic acids is 1. The van der Waals surface area contributed by atoms with Gasteiger partial charge in [-0.1, -0.05) is 23.8 Å². The van der Waals surface area contributed by atoms with E-state index >= 15 is 0 Å². The number of esters is 3. The van der Waals surface area contributed by atoms with E-state index in [2.05, 4.69) is 30.6 Å². The number of anilines is 2. The molecule has 0 aliphatic carbocycles. The van der Waals surface area contributed by atoms with Gasteiger partial charge in [0.05, 0.1) is 31.1 Å². The Morgan fingerprint density at radius 1 is 0.720 bits per heavy atom. The summed E-state index contributed by atoms with van der Waals surface area (Å²) in [7, 11) is -4.37. The van der Waals surface area contributed by atoms with E-state index in [1.807, 2.05) is 26.5 Å². The fraction of sp³-hybridized carbons (Fsp3) is 0.614. The maximum Gasteiger partial charge on any atom is 0.323 e. The number of nitrogens with one attached hydrogen (secondary N) is 5. The van der Waals surface area contributed by atoms with Gasteiger partial charge in [-0.05, 0) is 118 Å². The van der Waals surface area contributed by atoms with Crippen LogP contribution in [0.1, 0.15) is 108 Å². The predicted octanol–water partition coefficient (Wildman–Crippen LogP) is 3.01. The van der Waals surface area contributed by atoms with Gasteiger partial charge in [0.1, 0.15) is 28.9 Å². The van der Waals surface area contributed by atoms with Crippen LogP contribution < -0.4 is 25.6 Å². The molecule has 0 radical (unpaired) electrons. The molecule has 5 rings (SSSR count). The smallest absolute Gasteiger partial charge is 0.323 e. The third kappa shape index (κ3) is 22.0. The molecular formula is C57H87N11O13S. The summed E-state index contributed by atoms with van der Waals surface area (Å²) in [6.07, 6.45) is 3.28. The largest absolute Gasteiger partial charge is 0.480 e. The summed E-state index contributed by atoms with van der Waals surface area (Å²) in [6, 6.07) is 5.71. The van der Waals surface area contributed by atoms with Crippen molar-refractivity contribution >= 4 is 63.1 Å². The number of ether oxygens (including phenoxy) is 3. The fourth-order valence-corrected chi connectivity index (χ4v) is 11.4. The first-order valence-corrected chi connectivity index (χ1v) is 29.3. The summed E-state index contributed by atoms with van der Waals surface area (Å²) < 4.78 is 46.5. The van der Waals surface area contributed by atoms with Gasteiger partial charge in [-0.3, -0.25) is 53.2 Å². The van der Waals surface area contributed by atoms with Crippen molar-refractivity contribution in [2.75, 3.05) is 108 Å². The molecule has 0 spiro atoms. The van der Waals surface area contributed by atoms with E-state index in [1.54, 1.807) is 124 Å². The molecule has 6 N–H and O–H groups in total. The number of imidazole rings is 1. The lowest BCUT2D eigenvalue weighted by molar-refractivity contribution is -0.158. The lowest BCUT2D eigenvalue weighted by Gasteiger charge is -2.38. The second-order valence-electron chi connectivity index (χ2n) is 24.0. The summed E-state index contributed by atoms with van der Waals surface area (Å²) in [4.78, 5) is 111. The highest BCUT2D eigenvalue weighted by Gasteiger charge is 2.37. The number of amides is 2. The number of nitrogens with zero attached hydrogens (tertiary/aromatic N) is 6. The molecule has 2 amide bonds. The van der Waals surface area contributed by atoms with Gasteiger partial charge in [0.25, 0.3) is 0 Å². The number of aromatic nitrogens is 2. The number of sulfonamides is 1. The van der Waals surface area contributed by atoms with Crippen molar-refractivity contribution in [1.29, 1.82) is 0 Å². The van der Waals surface area contributed by atoms with Crippen LogP contribution in [0.25, 0.3) is 0 Å². The van der Waals surface area contributed by atoms with Crippen molar-refractivity contribution in [3.63, 3.8) is 0 Å². The minimum absolute atomic E-state index is 0.0144. The Labute approximate surface area is 482 Å². The van der Waals surface area contributed by atoms with Crippen molar-refractivity contribution < 1.29 is 61.3 Å². The lowest BCUT2D eigenvalue weighted by Crippen LogP contribution is -2.55. The number of carbonyl (C=O) groups excluding carboxylic acids is 6. The molecule has 2 aliphatic heterocycles. The van der Waals surface area contributed by atoms with Gasteiger partial charge < -0.3 is 45.2 Å². The lowest BCUT2D eigenvalue weighted by atomic mass is 9.92. The average Bonchev–Trinajstić information content (AvgIpc) is 3.91. The van der Waals surface area contributed by atoms with E-state index in [-0.39, 0.29) is 68.7 Å². The molecule has 2 aromatic carbocycles. The second-order valence-corrected chi connectivity index (χ2v) is 25.7. The van der Waals surface area contributed by atoms with E-state index in [1.165, 1.54) is 0 Å². The van der Waals surface area contributed by atoms with Crippen molar-refractivity contribution in [2.24, 2.45) is 0 Å². The Bertz CT molecular complexity index is 2760. The summed E-state index contributed by atoms with van der Waals surface area (Å²) in [5.41, 5.74) is 1.09. The molecule has 1 unspecified atom stereocenters. The number of carbonyl (C=O) groups is 7. The SMILES string of the molecule is Cc1cc(C)c(S(=O)(=O)N[C@@H](CNC(=O)C2CC(=O)c3ccc(CNc4ncc[nH]4)cc3N2CCCNC(=O)CN2CCN(CC(=O)OC(C)(C)C)CCN(CC(=O)OC(C)(C)C)CCN(CC(=O)OC(C)(C)C)CC2)C(=O)O)c(C)c1. The molecule has 82 heavy (non-hydrogen) atoms. The number of hydrogen-bond donors (Lipinski definition) is 6. The van der Waals surface area contributed by atoms with Gasteiger partial charge in [-0.15, -0.1) is 0 Å². The van der Waals surface area contributed by atoms with Gasteiger partial charge in [-0.25, -0.2) is 13.4 Å². The van der Waals surface area contributed by atoms with Crippen LogP contribution in [0.3, 0.4) is 0 Å². The number of ketones is 1. The fourth-order valence-electron chi connectivity index (χ4n) is 9.74. The van der Waals surface area contributed by atoms with Crippen LogP contribution in [-0.2, 0) is 59.5 Å². The minimum atomic E-state index is -4.37. The number of Topliss-reactive ketones (excluding diaryl/α,β-unsaturated/α-hetero) is 1. The van der Waals surface area contributed by atoms with Crippen LogP contribution in [0.5, 0.6) is 0 Å². The number of aliphatic carboxylic acids is 1. The van der Waals surface area contributed by atoms with Crippen LogP contribution >= 0.6 is 0 Å². The Morgan fingerprint density at radius 3 is 1.66 bits per heavy atom. The van der Waals surface area contributed by atoms with Crippen LogP contribution in [0.4, 0.5) is 11.6 Å². The first kappa shape index (κ1) is 66.3. The standard InChI is InChI=1S/C57H87N11O13S/c1-38-28-39(2)51(40(3)29-38)82(77,78)63-43(53(75)76)33-61-52(74)45-31-46(69)42-15-14-41(32-62-54-59-17-18-60-54)30-44(42)68(45)19-13-16-58-47(70)34-64-20-22-65(35-48(71)79-55(4,5)6)24-26-67(37-50(73)81-57(10,11)12)27-25-66(23-21-64)36-49(72)80-56(7,8)9/h14-15,17-18,28-30,43,45,63H,13,16,19-27,31-37H2,1-12H3,(H,58,70)(H,61,74)(H,75,76)(H2,59,60,62)/t43-,45?/m0/s1. The molecular weight excluding hydrogens is 1080 g/mol. The number of benzene rings is 2. The highest BCUT2D eigenvalue weighted by atomic mass is 32.2. The van der Waals surface area contributed by atoms with Gasteiger partial charge in [-0.2, -0.15) is 4.72 Å². The highest BCUT2D eigenvalue weighted by Crippen LogP contribution is 2.33. The highest BCUT2D eigenvalue weighted by molar-refractivity contribution is 7.89. The van der Waals surface area contributed by atoms with Crippen molar-refractivity contribution in [2.45, 2.75) is 136 Å². The molecule has 1 aromatic heterocycles. The number of fused-ring (bicyclic) bond motifs is 1. The van der Waals surface area contributed by atoms with Gasteiger partial charge >= 0.3 is 23.9 Å². The molecule has 24 nitrogen and oxygen atoms in total. The quantitative estimate of drug-likeness (QED) is 0.0479. The number of hydrogen-bond acceptors (Lipinski definition) is 19. The number of carboxylic acid groups (broad SMARTS) is 1. The summed E-state index contributed by atoms with van der Waals surface area (Å²) in [5.74, 6) is -3.62. The molecule has 2 atom stereocenters. The van der Waals surface area contributed by atoms with Crippen LogP contribution in [0, 0.1) is 20.8 Å². The summed E-state index contributed by atoms with van der Waals surface area (Å²) in [6.45, 7) is 23.9. The van der Waals surface area contributed by atoms with Crippen LogP contribution in [0.2, 0.25) is 0 Å². The Kier molecular flexibility index (Phi) is 23.6. The molecule has 25 heteroatoms. The summed E-state index contributed by atoms with van der Waals surface area (Å²) >= 11 is 0. The first-order valence-electron chi connectivity index (χ1n) is 27.8. The molecule has 3 aromatic rings. The van der Waals surface area contributed by atoms with E-state index in [4.69, 9.17) is 14.2 Å². The molecule has 2 aliphatic rings. The average molecular weight is 1170 g/mol. The zero-order chi connectivity index (χ0) is 60.7. The second kappa shape index (κ2) is 29.1. The van der Waals surface area contributed by atoms with Crippen LogP contribution in [-0.4, -0.2) is 212 Å². The number of aromatic amines is 1. The van der Waals surface area contributed by atoms with Gasteiger partial charge in [0.2, 0.25) is 21.8 Å². The third-order valence-corrected chi connectivity index (χ3v) is 14.9. The topological polar surface area (TPSA) is 295 Å². The first-order chi connectivity index (χ1) is 38.2. The van der Waals surface area contributed by atoms with E-state index < -0.39 is 75.2 Å². The maximum absolute atomic E-state index is 14.3. The third-order valence-electron chi connectivity index (χ3n) is 13.2. The van der Waals surface area contributed by atoms with Gasteiger partial charge in [0.15, 0.2) is 11.7 Å². The molecule has 1 fully saturated rings. The summed E-state index contributed by atoms with van der Waals surface area (Å²) in [5, 5.41) is 19.0. The normalized spacial score (nSPS) is 17.1. The molecule has 454 valence electrons. The zero-order valence-electron chi connectivity index (χ0n) is 49.9. The Morgan fingerprint density at radius 2 is 1.21 bits per heavy atom. The van der Waals surface area contributed by atoms with E-state index in [0.717, 1.165) is 11.1 Å². The zero-order valence-corrected chi connectivity index (χ0v) is 50.7. The van der Waals surface area contributed by atoms with Crippen molar-refractivity contribution in [3.05, 3.63) is 70.5 Å². The van der Waals surface area contributed by atoms with Crippen molar-refractivity contribution in [3.8, 4) is 0 Å². The number of H-pyrrole nitrogens is 1. The number of aryl methyl sites for hydroxylation is 3. The Hall–Kier alpha value is -6.51.